The van der Waals surface area contributed by atoms with E-state index in [-0.39, 0.29) is 23.8 Å². The van der Waals surface area contributed by atoms with Gasteiger partial charge in [-0.2, -0.15) is 0 Å². The Labute approximate surface area is 167 Å². The maximum Gasteiger partial charge on any atom is 0.259 e. The van der Waals surface area contributed by atoms with Crippen molar-refractivity contribution in [3.05, 3.63) is 24.3 Å². The molecule has 0 aliphatic heterocycles. The summed E-state index contributed by atoms with van der Waals surface area (Å²) in [5, 5.41) is 3.17. The quantitative estimate of drug-likeness (QED) is 0.832. The van der Waals surface area contributed by atoms with Gasteiger partial charge in [-0.15, -0.1) is 0 Å². The number of anilines is 1. The smallest absolute Gasteiger partial charge is 0.259 e. The lowest BCUT2D eigenvalue weighted by atomic mass is 9.40. The molecule has 4 aliphatic carbocycles. The number of nitrogens with one attached hydrogen (secondary N) is 1. The van der Waals surface area contributed by atoms with Crippen LogP contribution in [0.1, 0.15) is 52.4 Å². The van der Waals surface area contributed by atoms with Crippen LogP contribution in [0.2, 0.25) is 0 Å². The van der Waals surface area contributed by atoms with Gasteiger partial charge in [0.2, 0.25) is 5.91 Å². The van der Waals surface area contributed by atoms with Crippen LogP contribution in [-0.2, 0) is 9.59 Å². The highest BCUT2D eigenvalue weighted by molar-refractivity contribution is 5.96. The van der Waals surface area contributed by atoms with E-state index in [2.05, 4.69) is 19.2 Å². The van der Waals surface area contributed by atoms with Crippen molar-refractivity contribution < 1.29 is 14.3 Å². The second kappa shape index (κ2) is 6.50. The Morgan fingerprint density at radius 1 is 1.11 bits per heavy atom. The summed E-state index contributed by atoms with van der Waals surface area (Å²) in [5.41, 5.74) is 1.12. The van der Waals surface area contributed by atoms with Crippen LogP contribution < -0.4 is 10.1 Å². The van der Waals surface area contributed by atoms with Crippen LogP contribution >= 0.6 is 0 Å². The minimum Gasteiger partial charge on any atom is -0.484 e. The maximum absolute atomic E-state index is 13.4. The zero-order valence-corrected chi connectivity index (χ0v) is 17.5. The average molecular weight is 385 g/mol. The van der Waals surface area contributed by atoms with Gasteiger partial charge in [0.15, 0.2) is 6.61 Å². The molecule has 0 saturated heterocycles. The third-order valence-electron chi connectivity index (χ3n) is 7.06. The predicted molar refractivity (Wildman–Crippen MR) is 109 cm³/mol. The highest BCUT2D eigenvalue weighted by Gasteiger charge is 2.62. The Kier molecular flexibility index (Phi) is 4.48. The first-order valence-electron chi connectivity index (χ1n) is 10.4. The first-order valence-corrected chi connectivity index (χ1v) is 10.4. The predicted octanol–water partition coefficient (Wildman–Crippen LogP) is 4.09. The molecule has 2 amide bonds. The lowest BCUT2D eigenvalue weighted by molar-refractivity contribution is -0.165. The molecule has 2 atom stereocenters. The molecule has 152 valence electrons. The standard InChI is InChI=1S/C23H32N2O3/c1-21-9-16-10-22(2,13-21)15-23(11-16,14-21)20(27)24-17-6-5-7-18(8-17)28-12-19(26)25(3)4/h5-8,16H,9-15H2,1-4H3,(H,24,27). The summed E-state index contributed by atoms with van der Waals surface area (Å²) >= 11 is 0. The second-order valence-electron chi connectivity index (χ2n) is 10.5. The zero-order chi connectivity index (χ0) is 20.2. The summed E-state index contributed by atoms with van der Waals surface area (Å²) in [6.45, 7) is 4.76. The van der Waals surface area contributed by atoms with Gasteiger partial charge in [0.1, 0.15) is 5.75 Å². The SMILES string of the molecule is CN(C)C(=O)COc1cccc(NC(=O)C23CC4CC(C)(CC(C)(C4)C2)C3)c1. The Hall–Kier alpha value is -2.04. The number of likely N-dealkylation sites (N-methyl/N-ethyl adjacent to an activating group) is 1. The summed E-state index contributed by atoms with van der Waals surface area (Å²) in [4.78, 5) is 26.6. The maximum atomic E-state index is 13.4. The number of benzene rings is 1. The highest BCUT2D eigenvalue weighted by atomic mass is 16.5. The van der Waals surface area contributed by atoms with Gasteiger partial charge in [0.25, 0.3) is 5.91 Å². The first-order chi connectivity index (χ1) is 13.1. The molecule has 1 aromatic rings. The van der Waals surface area contributed by atoms with Crippen molar-refractivity contribution in [3.63, 3.8) is 0 Å². The molecule has 0 radical (unpaired) electrons. The molecule has 1 aromatic carbocycles. The molecule has 28 heavy (non-hydrogen) atoms. The minimum atomic E-state index is -0.235. The van der Waals surface area contributed by atoms with Crippen LogP contribution in [0.25, 0.3) is 0 Å². The molecule has 2 unspecified atom stereocenters. The number of rotatable bonds is 5. The fourth-order valence-corrected chi connectivity index (χ4v) is 6.90. The summed E-state index contributed by atoms with van der Waals surface area (Å²) in [7, 11) is 3.41. The van der Waals surface area contributed by atoms with Crippen molar-refractivity contribution in [2.24, 2.45) is 22.2 Å². The van der Waals surface area contributed by atoms with Gasteiger partial charge in [-0.25, -0.2) is 0 Å². The molecule has 5 nitrogen and oxygen atoms in total. The molecule has 1 N–H and O–H groups in total. The third-order valence-corrected chi connectivity index (χ3v) is 7.06. The number of hydrogen-bond donors (Lipinski definition) is 1. The zero-order valence-electron chi connectivity index (χ0n) is 17.5. The van der Waals surface area contributed by atoms with E-state index >= 15 is 0 Å². The van der Waals surface area contributed by atoms with E-state index in [1.54, 1.807) is 14.1 Å². The molecule has 5 heteroatoms. The largest absolute Gasteiger partial charge is 0.484 e. The van der Waals surface area contributed by atoms with E-state index < -0.39 is 0 Å². The Bertz CT molecular complexity index is 785. The molecular formula is C23H32N2O3. The van der Waals surface area contributed by atoms with E-state index in [0.29, 0.717) is 22.5 Å². The van der Waals surface area contributed by atoms with E-state index in [4.69, 9.17) is 4.74 Å². The topological polar surface area (TPSA) is 58.6 Å². The first kappa shape index (κ1) is 19.3. The van der Waals surface area contributed by atoms with Gasteiger partial charge in [0.05, 0.1) is 5.41 Å². The van der Waals surface area contributed by atoms with Crippen molar-refractivity contribution in [2.75, 3.05) is 26.0 Å². The number of hydrogen-bond acceptors (Lipinski definition) is 3. The van der Waals surface area contributed by atoms with Crippen molar-refractivity contribution >= 4 is 17.5 Å². The Morgan fingerprint density at radius 3 is 2.39 bits per heavy atom. The van der Waals surface area contributed by atoms with Crippen LogP contribution in [0.5, 0.6) is 5.75 Å². The van der Waals surface area contributed by atoms with Gasteiger partial charge < -0.3 is 15.0 Å². The number of carbonyl (C=O) groups excluding carboxylic acids is 2. The van der Waals surface area contributed by atoms with Crippen LogP contribution in [0, 0.1) is 22.2 Å². The normalized spacial score (nSPS) is 35.5. The average Bonchev–Trinajstić information content (AvgIpc) is 2.56. The van der Waals surface area contributed by atoms with E-state index in [9.17, 15) is 9.59 Å². The van der Waals surface area contributed by atoms with E-state index in [0.717, 1.165) is 24.9 Å². The fourth-order valence-electron chi connectivity index (χ4n) is 6.90. The van der Waals surface area contributed by atoms with Crippen molar-refractivity contribution in [1.82, 2.24) is 4.90 Å². The summed E-state index contributed by atoms with van der Waals surface area (Å²) in [6, 6.07) is 7.37. The summed E-state index contributed by atoms with van der Waals surface area (Å²) in [5.74, 6) is 1.35. The highest BCUT2D eigenvalue weighted by Crippen LogP contribution is 2.69. The summed E-state index contributed by atoms with van der Waals surface area (Å²) < 4.78 is 5.59. The Morgan fingerprint density at radius 2 is 1.79 bits per heavy atom. The van der Waals surface area contributed by atoms with Crippen LogP contribution in [0.15, 0.2) is 24.3 Å². The van der Waals surface area contributed by atoms with Gasteiger partial charge in [-0.05, 0) is 67.4 Å². The Balaban J connectivity index is 1.47. The molecule has 0 heterocycles. The van der Waals surface area contributed by atoms with Crippen molar-refractivity contribution in [3.8, 4) is 5.75 Å². The molecule has 4 aliphatic rings. The molecule has 4 fully saturated rings. The van der Waals surface area contributed by atoms with Gasteiger partial charge >= 0.3 is 0 Å². The van der Waals surface area contributed by atoms with Gasteiger partial charge in [-0.3, -0.25) is 9.59 Å². The molecule has 5 rings (SSSR count). The van der Waals surface area contributed by atoms with Crippen LogP contribution in [0.4, 0.5) is 5.69 Å². The molecular weight excluding hydrogens is 352 g/mol. The monoisotopic (exact) mass is 384 g/mol. The minimum absolute atomic E-state index is 0.00722. The van der Waals surface area contributed by atoms with Gasteiger partial charge in [-0.1, -0.05) is 19.9 Å². The number of nitrogens with zero attached hydrogens (tertiary/aromatic N) is 1. The lowest BCUT2D eigenvalue weighted by Gasteiger charge is -2.64. The number of ether oxygens (including phenoxy) is 1. The summed E-state index contributed by atoms with van der Waals surface area (Å²) in [6.07, 6.45) is 6.85. The lowest BCUT2D eigenvalue weighted by Crippen LogP contribution is -2.58. The molecule has 0 aromatic heterocycles. The fraction of sp³-hybridized carbons (Fsp3) is 0.652. The van der Waals surface area contributed by atoms with E-state index in [1.165, 1.54) is 24.2 Å². The molecule has 4 bridgehead atoms. The second-order valence-corrected chi connectivity index (χ2v) is 10.5. The van der Waals surface area contributed by atoms with Crippen molar-refractivity contribution in [2.45, 2.75) is 52.4 Å². The number of carbonyl (C=O) groups is 2. The van der Waals surface area contributed by atoms with Gasteiger partial charge in [0, 0.05) is 25.8 Å². The van der Waals surface area contributed by atoms with E-state index in [1.807, 2.05) is 24.3 Å². The van der Waals surface area contributed by atoms with Crippen molar-refractivity contribution in [1.29, 1.82) is 0 Å². The third kappa shape index (κ3) is 3.51. The molecule has 0 spiro atoms. The van der Waals surface area contributed by atoms with Crippen LogP contribution in [-0.4, -0.2) is 37.4 Å². The van der Waals surface area contributed by atoms with Crippen LogP contribution in [0.3, 0.4) is 0 Å². The number of amides is 2. The molecule has 4 saturated carbocycles.